The number of carbonyl (C=O) groups is 2. The van der Waals surface area contributed by atoms with Gasteiger partial charge in [0.2, 0.25) is 5.91 Å². The fourth-order valence-electron chi connectivity index (χ4n) is 2.39. The Morgan fingerprint density at radius 1 is 1.40 bits per heavy atom. The Morgan fingerprint density at radius 3 is 2.75 bits per heavy atom. The molecule has 0 spiro atoms. The number of hydrogen-bond acceptors (Lipinski definition) is 4. The minimum absolute atomic E-state index is 0.0564. The molecule has 0 saturated carbocycles. The summed E-state index contributed by atoms with van der Waals surface area (Å²) in [6, 6.07) is 7.34. The van der Waals surface area contributed by atoms with Crippen LogP contribution in [-0.4, -0.2) is 43.8 Å². The summed E-state index contributed by atoms with van der Waals surface area (Å²) in [5.74, 6) is 0.753. The summed E-state index contributed by atoms with van der Waals surface area (Å²) in [6.45, 7) is 1.94. The topological polar surface area (TPSA) is 58.6 Å². The second kappa shape index (κ2) is 7.05. The minimum atomic E-state index is -0.0564. The first kappa shape index (κ1) is 14.5. The van der Waals surface area contributed by atoms with Gasteiger partial charge >= 0.3 is 0 Å². The minimum Gasteiger partial charge on any atom is -0.495 e. The largest absolute Gasteiger partial charge is 0.495 e. The quantitative estimate of drug-likeness (QED) is 0.829. The highest BCUT2D eigenvalue weighted by Crippen LogP contribution is 2.23. The summed E-state index contributed by atoms with van der Waals surface area (Å²) in [7, 11) is 1.58. The van der Waals surface area contributed by atoms with Crippen molar-refractivity contribution in [2.45, 2.75) is 12.8 Å². The molecule has 5 heteroatoms. The molecule has 1 amide bonds. The monoisotopic (exact) mass is 276 g/mol. The number of amides is 1. The Kier molecular flexibility index (Phi) is 5.12. The fraction of sp³-hybridized carbons (Fsp3) is 0.467. The van der Waals surface area contributed by atoms with E-state index in [1.807, 2.05) is 24.3 Å². The summed E-state index contributed by atoms with van der Waals surface area (Å²) < 4.78 is 5.20. The number of nitrogens with zero attached hydrogens (tertiary/aromatic N) is 1. The van der Waals surface area contributed by atoms with Crippen LogP contribution in [0.2, 0.25) is 0 Å². The lowest BCUT2D eigenvalue weighted by atomic mass is 9.99. The van der Waals surface area contributed by atoms with Crippen LogP contribution in [0.3, 0.4) is 0 Å². The number of aldehydes is 1. The third-order valence-electron chi connectivity index (χ3n) is 3.57. The van der Waals surface area contributed by atoms with Gasteiger partial charge in [-0.3, -0.25) is 9.69 Å². The lowest BCUT2D eigenvalue weighted by Crippen LogP contribution is -2.39. The molecule has 1 aromatic rings. The smallest absolute Gasteiger partial charge is 0.238 e. The van der Waals surface area contributed by atoms with E-state index in [-0.39, 0.29) is 11.8 Å². The van der Waals surface area contributed by atoms with Gasteiger partial charge < -0.3 is 14.8 Å². The Morgan fingerprint density at radius 2 is 2.10 bits per heavy atom. The predicted octanol–water partition coefficient (Wildman–Crippen LogP) is 1.54. The zero-order valence-corrected chi connectivity index (χ0v) is 11.7. The van der Waals surface area contributed by atoms with Crippen molar-refractivity contribution in [1.29, 1.82) is 0 Å². The van der Waals surface area contributed by atoms with Crippen molar-refractivity contribution in [2.75, 3.05) is 32.1 Å². The van der Waals surface area contributed by atoms with Crippen LogP contribution in [0.25, 0.3) is 0 Å². The summed E-state index contributed by atoms with van der Waals surface area (Å²) in [5.41, 5.74) is 0.683. The molecule has 2 rings (SSSR count). The first-order valence-corrected chi connectivity index (χ1v) is 6.83. The lowest BCUT2D eigenvalue weighted by molar-refractivity contribution is -0.117. The third kappa shape index (κ3) is 3.81. The van der Waals surface area contributed by atoms with Crippen LogP contribution in [0.4, 0.5) is 5.69 Å². The van der Waals surface area contributed by atoms with Gasteiger partial charge in [-0.25, -0.2) is 0 Å². The van der Waals surface area contributed by atoms with Gasteiger partial charge in [-0.2, -0.15) is 0 Å². The van der Waals surface area contributed by atoms with E-state index >= 15 is 0 Å². The number of methoxy groups -OCH3 is 1. The molecule has 1 N–H and O–H groups in total. The molecular formula is C15H20N2O3. The number of anilines is 1. The molecule has 1 heterocycles. The van der Waals surface area contributed by atoms with Crippen LogP contribution in [0, 0.1) is 5.92 Å². The summed E-state index contributed by atoms with van der Waals surface area (Å²) in [5, 5.41) is 2.86. The molecule has 1 aromatic carbocycles. The van der Waals surface area contributed by atoms with Gasteiger partial charge in [-0.1, -0.05) is 12.1 Å². The molecule has 108 valence electrons. The molecule has 0 atom stereocenters. The van der Waals surface area contributed by atoms with Gasteiger partial charge in [0.15, 0.2) is 0 Å². The maximum atomic E-state index is 12.0. The number of likely N-dealkylation sites (tertiary alicyclic amines) is 1. The molecule has 1 saturated heterocycles. The highest BCUT2D eigenvalue weighted by Gasteiger charge is 2.20. The summed E-state index contributed by atoms with van der Waals surface area (Å²) in [6.07, 6.45) is 2.70. The number of ether oxygens (including phenoxy) is 1. The number of nitrogens with one attached hydrogen (secondary N) is 1. The van der Waals surface area contributed by atoms with Crippen molar-refractivity contribution in [3.05, 3.63) is 24.3 Å². The number of rotatable bonds is 5. The van der Waals surface area contributed by atoms with Gasteiger partial charge in [0, 0.05) is 5.92 Å². The van der Waals surface area contributed by atoms with Crippen molar-refractivity contribution in [3.8, 4) is 5.75 Å². The standard InChI is InChI=1S/C15H20N2O3/c1-20-14-5-3-2-4-13(14)16-15(19)10-17-8-6-12(11-18)7-9-17/h2-5,11-12H,6-10H2,1H3,(H,16,19). The zero-order valence-electron chi connectivity index (χ0n) is 11.7. The Labute approximate surface area is 118 Å². The zero-order chi connectivity index (χ0) is 14.4. The summed E-state index contributed by atoms with van der Waals surface area (Å²) >= 11 is 0. The van der Waals surface area contributed by atoms with E-state index in [2.05, 4.69) is 10.2 Å². The van der Waals surface area contributed by atoms with Crippen molar-refractivity contribution >= 4 is 17.9 Å². The SMILES string of the molecule is COc1ccccc1NC(=O)CN1CCC(C=O)CC1. The number of para-hydroxylation sites is 2. The van der Waals surface area contributed by atoms with E-state index in [4.69, 9.17) is 4.74 Å². The van der Waals surface area contributed by atoms with Crippen molar-refractivity contribution in [3.63, 3.8) is 0 Å². The van der Waals surface area contributed by atoms with Gasteiger partial charge in [0.05, 0.1) is 19.3 Å². The van der Waals surface area contributed by atoms with E-state index in [1.54, 1.807) is 7.11 Å². The van der Waals surface area contributed by atoms with Crippen LogP contribution in [0.15, 0.2) is 24.3 Å². The third-order valence-corrected chi connectivity index (χ3v) is 3.57. The molecule has 0 aromatic heterocycles. The first-order chi connectivity index (χ1) is 9.72. The Balaban J connectivity index is 1.85. The van der Waals surface area contributed by atoms with Crippen molar-refractivity contribution in [2.24, 2.45) is 5.92 Å². The number of carbonyl (C=O) groups excluding carboxylic acids is 2. The Hall–Kier alpha value is -1.88. The van der Waals surface area contributed by atoms with Crippen LogP contribution in [0.1, 0.15) is 12.8 Å². The lowest BCUT2D eigenvalue weighted by Gasteiger charge is -2.28. The maximum absolute atomic E-state index is 12.0. The van der Waals surface area contributed by atoms with Crippen LogP contribution < -0.4 is 10.1 Å². The van der Waals surface area contributed by atoms with Crippen LogP contribution >= 0.6 is 0 Å². The molecule has 0 bridgehead atoms. The molecule has 0 radical (unpaired) electrons. The summed E-state index contributed by atoms with van der Waals surface area (Å²) in [4.78, 5) is 24.8. The van der Waals surface area contributed by atoms with Crippen LogP contribution in [0.5, 0.6) is 5.75 Å². The number of hydrogen-bond donors (Lipinski definition) is 1. The van der Waals surface area contributed by atoms with E-state index in [9.17, 15) is 9.59 Å². The highest BCUT2D eigenvalue weighted by molar-refractivity contribution is 5.93. The van der Waals surface area contributed by atoms with Gasteiger partial charge in [-0.15, -0.1) is 0 Å². The van der Waals surface area contributed by atoms with E-state index in [1.165, 1.54) is 0 Å². The van der Waals surface area contributed by atoms with E-state index in [0.29, 0.717) is 18.0 Å². The van der Waals surface area contributed by atoms with Gasteiger partial charge in [-0.05, 0) is 38.1 Å². The van der Waals surface area contributed by atoms with E-state index in [0.717, 1.165) is 32.2 Å². The first-order valence-electron chi connectivity index (χ1n) is 6.83. The average molecular weight is 276 g/mol. The molecule has 20 heavy (non-hydrogen) atoms. The van der Waals surface area contributed by atoms with Crippen molar-refractivity contribution < 1.29 is 14.3 Å². The van der Waals surface area contributed by atoms with Gasteiger partial charge in [0.1, 0.15) is 12.0 Å². The molecule has 0 unspecified atom stereocenters. The second-order valence-corrected chi connectivity index (χ2v) is 5.00. The van der Waals surface area contributed by atoms with Crippen LogP contribution in [-0.2, 0) is 9.59 Å². The molecule has 1 fully saturated rings. The number of benzene rings is 1. The average Bonchev–Trinajstić information content (AvgIpc) is 2.48. The van der Waals surface area contributed by atoms with Gasteiger partial charge in [0.25, 0.3) is 0 Å². The molecule has 0 aliphatic carbocycles. The molecule has 1 aliphatic rings. The Bertz CT molecular complexity index is 468. The predicted molar refractivity (Wildman–Crippen MR) is 76.9 cm³/mol. The number of piperidine rings is 1. The molecular weight excluding hydrogens is 256 g/mol. The normalized spacial score (nSPS) is 16.6. The van der Waals surface area contributed by atoms with Crippen molar-refractivity contribution in [1.82, 2.24) is 4.90 Å². The highest BCUT2D eigenvalue weighted by atomic mass is 16.5. The maximum Gasteiger partial charge on any atom is 0.238 e. The molecule has 5 nitrogen and oxygen atoms in total. The fourth-order valence-corrected chi connectivity index (χ4v) is 2.39. The second-order valence-electron chi connectivity index (χ2n) is 5.00. The molecule has 1 aliphatic heterocycles. The van der Waals surface area contributed by atoms with E-state index < -0.39 is 0 Å².